The maximum atomic E-state index is 13.4. The molecule has 0 spiro atoms. The van der Waals surface area contributed by atoms with Gasteiger partial charge in [-0.1, -0.05) is 12.1 Å². The van der Waals surface area contributed by atoms with Crippen molar-refractivity contribution in [3.8, 4) is 0 Å². The van der Waals surface area contributed by atoms with Gasteiger partial charge in [0.2, 0.25) is 5.91 Å². The van der Waals surface area contributed by atoms with Crippen molar-refractivity contribution >= 4 is 11.9 Å². The molecule has 3 saturated heterocycles. The van der Waals surface area contributed by atoms with Crippen LogP contribution in [0.3, 0.4) is 0 Å². The molecule has 3 aliphatic heterocycles. The van der Waals surface area contributed by atoms with E-state index < -0.39 is 12.1 Å². The van der Waals surface area contributed by atoms with E-state index in [1.807, 2.05) is 11.0 Å². The van der Waals surface area contributed by atoms with E-state index in [1.54, 1.807) is 12.1 Å². The number of ether oxygens (including phenoxy) is 2. The number of fused-ring (bicyclic) bond motifs is 1. The summed E-state index contributed by atoms with van der Waals surface area (Å²) < 4.78 is 56.2. The van der Waals surface area contributed by atoms with Crippen LogP contribution in [0.15, 0.2) is 24.3 Å². The lowest BCUT2D eigenvalue weighted by atomic mass is 9.77. The second-order valence-electron chi connectivity index (χ2n) is 8.35. The molecule has 7 nitrogen and oxygen atoms in total. The maximum absolute atomic E-state index is 13.4. The summed E-state index contributed by atoms with van der Waals surface area (Å²) in [6.07, 6.45) is -4.54. The number of carbonyl (C=O) groups is 2. The first-order chi connectivity index (χ1) is 15.1. The fourth-order valence-electron chi connectivity index (χ4n) is 4.43. The Labute approximate surface area is 182 Å². The second-order valence-corrected chi connectivity index (χ2v) is 8.35. The van der Waals surface area contributed by atoms with Crippen LogP contribution in [-0.4, -0.2) is 85.6 Å². The van der Waals surface area contributed by atoms with Crippen molar-refractivity contribution in [2.75, 3.05) is 52.6 Å². The van der Waals surface area contributed by atoms with Gasteiger partial charge in [-0.25, -0.2) is 9.18 Å². The van der Waals surface area contributed by atoms with Crippen molar-refractivity contribution < 1.29 is 41.7 Å². The van der Waals surface area contributed by atoms with E-state index in [4.69, 9.17) is 19.4 Å². The highest BCUT2D eigenvalue weighted by atomic mass is 19.4. The highest BCUT2D eigenvalue weighted by Crippen LogP contribution is 2.44. The Morgan fingerprint density at radius 3 is 2.50 bits per heavy atom. The molecule has 4 rings (SSSR count). The van der Waals surface area contributed by atoms with Crippen molar-refractivity contribution in [3.63, 3.8) is 0 Å². The van der Waals surface area contributed by atoms with Gasteiger partial charge in [0, 0.05) is 50.5 Å². The van der Waals surface area contributed by atoms with Gasteiger partial charge < -0.3 is 19.5 Å². The molecule has 0 aliphatic carbocycles. The number of benzene rings is 1. The van der Waals surface area contributed by atoms with E-state index in [0.717, 1.165) is 31.8 Å². The minimum atomic E-state index is -5.08. The van der Waals surface area contributed by atoms with Gasteiger partial charge >= 0.3 is 12.1 Å². The first-order valence-corrected chi connectivity index (χ1v) is 10.3. The van der Waals surface area contributed by atoms with E-state index in [-0.39, 0.29) is 17.1 Å². The SMILES string of the molecule is O=C(C[C@]12COC[C@H]1CN(Cc1cccc(F)c1)C2)N1CCOCC1.O=C(O)C(F)(F)F. The zero-order valence-corrected chi connectivity index (χ0v) is 17.4. The summed E-state index contributed by atoms with van der Waals surface area (Å²) in [5, 5.41) is 7.12. The van der Waals surface area contributed by atoms with Crippen LogP contribution in [0.4, 0.5) is 17.6 Å². The third kappa shape index (κ3) is 6.17. The van der Waals surface area contributed by atoms with Gasteiger partial charge in [0.15, 0.2) is 0 Å². The Bertz CT molecular complexity index is 816. The van der Waals surface area contributed by atoms with Gasteiger partial charge in [0.25, 0.3) is 0 Å². The first kappa shape index (κ1) is 24.4. The van der Waals surface area contributed by atoms with Crippen molar-refractivity contribution in [3.05, 3.63) is 35.6 Å². The molecular formula is C21H26F4N2O5. The number of amides is 1. The standard InChI is InChI=1S/C19H25FN2O3.C2HF3O2/c20-17-3-1-2-15(8-17)10-21-11-16-12-25-14-19(16,13-21)9-18(23)22-4-6-24-7-5-22;3-2(4,5)1(6)7/h1-3,8,16H,4-7,9-14H2;(H,6,7)/t16-,19+;/m1./s1. The molecule has 1 aromatic rings. The van der Waals surface area contributed by atoms with Crippen LogP contribution >= 0.6 is 0 Å². The first-order valence-electron chi connectivity index (χ1n) is 10.3. The van der Waals surface area contributed by atoms with Crippen LogP contribution in [-0.2, 0) is 25.6 Å². The molecular weight excluding hydrogens is 436 g/mol. The Morgan fingerprint density at radius 1 is 1.19 bits per heavy atom. The molecule has 0 radical (unpaired) electrons. The van der Waals surface area contributed by atoms with Gasteiger partial charge in [-0.15, -0.1) is 0 Å². The van der Waals surface area contributed by atoms with E-state index in [0.29, 0.717) is 45.2 Å². The number of alkyl halides is 3. The number of likely N-dealkylation sites (tertiary alicyclic amines) is 1. The minimum Gasteiger partial charge on any atom is -0.475 e. The molecule has 3 aliphatic rings. The molecule has 3 fully saturated rings. The highest BCUT2D eigenvalue weighted by Gasteiger charge is 2.51. The van der Waals surface area contributed by atoms with Gasteiger partial charge in [-0.2, -0.15) is 13.2 Å². The monoisotopic (exact) mass is 462 g/mol. The normalized spacial score (nSPS) is 25.8. The summed E-state index contributed by atoms with van der Waals surface area (Å²) in [6.45, 7) is 6.47. The minimum absolute atomic E-state index is 0.0945. The summed E-state index contributed by atoms with van der Waals surface area (Å²) in [4.78, 5) is 25.9. The lowest BCUT2D eigenvalue weighted by molar-refractivity contribution is -0.192. The molecule has 1 amide bonds. The van der Waals surface area contributed by atoms with Gasteiger partial charge in [0.05, 0.1) is 26.4 Å². The number of carbonyl (C=O) groups excluding carboxylic acids is 1. The molecule has 32 heavy (non-hydrogen) atoms. The van der Waals surface area contributed by atoms with Gasteiger partial charge in [-0.3, -0.25) is 9.69 Å². The quantitative estimate of drug-likeness (QED) is 0.691. The number of aliphatic carboxylic acids is 1. The summed E-state index contributed by atoms with van der Waals surface area (Å²) in [5.41, 5.74) is 0.887. The predicted molar refractivity (Wildman–Crippen MR) is 104 cm³/mol. The predicted octanol–water partition coefficient (Wildman–Crippen LogP) is 2.16. The molecule has 11 heteroatoms. The molecule has 0 bridgehead atoms. The third-order valence-corrected chi connectivity index (χ3v) is 6.00. The van der Waals surface area contributed by atoms with Crippen LogP contribution < -0.4 is 0 Å². The highest BCUT2D eigenvalue weighted by molar-refractivity contribution is 5.77. The number of hydrogen-bond acceptors (Lipinski definition) is 5. The maximum Gasteiger partial charge on any atom is 0.490 e. The number of morpholine rings is 1. The average Bonchev–Trinajstić information content (AvgIpc) is 3.24. The number of nitrogens with zero attached hydrogens (tertiary/aromatic N) is 2. The van der Waals surface area contributed by atoms with Crippen LogP contribution in [0.1, 0.15) is 12.0 Å². The molecule has 178 valence electrons. The number of carboxylic acid groups (broad SMARTS) is 1. The zero-order chi connectivity index (χ0) is 23.4. The fraction of sp³-hybridized carbons (Fsp3) is 0.619. The molecule has 2 atom stereocenters. The Kier molecular flexibility index (Phi) is 7.73. The zero-order valence-electron chi connectivity index (χ0n) is 17.4. The van der Waals surface area contributed by atoms with Crippen LogP contribution in [0.25, 0.3) is 0 Å². The summed E-state index contributed by atoms with van der Waals surface area (Å²) in [7, 11) is 0. The lowest BCUT2D eigenvalue weighted by Crippen LogP contribution is -2.44. The third-order valence-electron chi connectivity index (χ3n) is 6.00. The van der Waals surface area contributed by atoms with Crippen molar-refractivity contribution in [1.29, 1.82) is 0 Å². The average molecular weight is 462 g/mol. The summed E-state index contributed by atoms with van der Waals surface area (Å²) >= 11 is 0. The number of carboxylic acids is 1. The summed E-state index contributed by atoms with van der Waals surface area (Å²) in [6, 6.07) is 6.77. The van der Waals surface area contributed by atoms with Gasteiger partial charge in [-0.05, 0) is 17.7 Å². The Balaban J connectivity index is 0.000000360. The topological polar surface area (TPSA) is 79.3 Å². The largest absolute Gasteiger partial charge is 0.490 e. The molecule has 0 saturated carbocycles. The Hall–Kier alpha value is -2.24. The molecule has 0 unspecified atom stereocenters. The van der Waals surface area contributed by atoms with Crippen molar-refractivity contribution in [2.45, 2.75) is 19.1 Å². The second kappa shape index (κ2) is 10.1. The molecule has 1 aromatic carbocycles. The van der Waals surface area contributed by atoms with E-state index in [1.165, 1.54) is 6.07 Å². The molecule has 3 heterocycles. The smallest absolute Gasteiger partial charge is 0.475 e. The lowest BCUT2D eigenvalue weighted by Gasteiger charge is -2.32. The number of hydrogen-bond donors (Lipinski definition) is 1. The van der Waals surface area contributed by atoms with Gasteiger partial charge in [0.1, 0.15) is 5.82 Å². The Morgan fingerprint density at radius 2 is 1.88 bits per heavy atom. The van der Waals surface area contributed by atoms with E-state index >= 15 is 0 Å². The van der Waals surface area contributed by atoms with E-state index in [2.05, 4.69) is 4.90 Å². The van der Waals surface area contributed by atoms with Crippen LogP contribution in [0.2, 0.25) is 0 Å². The van der Waals surface area contributed by atoms with E-state index in [9.17, 15) is 22.4 Å². The summed E-state index contributed by atoms with van der Waals surface area (Å²) in [5.74, 6) is -2.36. The van der Waals surface area contributed by atoms with Crippen molar-refractivity contribution in [1.82, 2.24) is 9.80 Å². The number of halogens is 4. The van der Waals surface area contributed by atoms with Crippen LogP contribution in [0, 0.1) is 17.2 Å². The van der Waals surface area contributed by atoms with Crippen LogP contribution in [0.5, 0.6) is 0 Å². The fourth-order valence-corrected chi connectivity index (χ4v) is 4.43. The molecule has 0 aromatic heterocycles. The number of rotatable bonds is 4. The van der Waals surface area contributed by atoms with Crippen molar-refractivity contribution in [2.24, 2.45) is 11.3 Å². The molecule has 1 N–H and O–H groups in total.